The van der Waals surface area contributed by atoms with Gasteiger partial charge in [0, 0.05) is 11.9 Å². The van der Waals surface area contributed by atoms with Crippen molar-refractivity contribution in [2.45, 2.75) is 58.0 Å². The summed E-state index contributed by atoms with van der Waals surface area (Å²) in [6.45, 7) is 11.5. The summed E-state index contributed by atoms with van der Waals surface area (Å²) >= 11 is 0. The molecule has 11 heteroatoms. The van der Waals surface area contributed by atoms with Gasteiger partial charge in [-0.2, -0.15) is 0 Å². The van der Waals surface area contributed by atoms with E-state index in [1.54, 1.807) is 33.8 Å². The molecule has 4 atom stereocenters. The molecule has 2 saturated heterocycles. The van der Waals surface area contributed by atoms with Crippen LogP contribution >= 0.6 is 7.60 Å². The Bertz CT molecular complexity index is 1290. The Morgan fingerprint density at radius 3 is 2.42 bits per heavy atom. The number of ether oxygens (including phenoxy) is 3. The fraction of sp³-hybridized carbons (Fsp3) is 0.440. The van der Waals surface area contributed by atoms with Crippen LogP contribution in [0.5, 0.6) is 0 Å². The zero-order valence-electron chi connectivity index (χ0n) is 20.7. The van der Waals surface area contributed by atoms with Crippen molar-refractivity contribution in [2.24, 2.45) is 0 Å². The smallest absolute Gasteiger partial charge is 0.345 e. The van der Waals surface area contributed by atoms with E-state index in [9.17, 15) is 14.2 Å². The molecule has 10 nitrogen and oxygen atoms in total. The molecule has 2 aromatic rings. The third-order valence-corrected chi connectivity index (χ3v) is 7.58. The van der Waals surface area contributed by atoms with Crippen LogP contribution in [0.25, 0.3) is 5.57 Å². The number of H-pyrrole nitrogens is 1. The molecule has 3 heterocycles. The van der Waals surface area contributed by atoms with Gasteiger partial charge in [0.1, 0.15) is 18.3 Å². The molecule has 36 heavy (non-hydrogen) atoms. The van der Waals surface area contributed by atoms with E-state index in [1.165, 1.54) is 16.5 Å². The minimum absolute atomic E-state index is 0.201. The Morgan fingerprint density at radius 2 is 1.78 bits per heavy atom. The van der Waals surface area contributed by atoms with Crippen molar-refractivity contribution in [3.63, 3.8) is 0 Å². The fourth-order valence-electron chi connectivity index (χ4n) is 4.42. The molecular formula is C25H31N2O8P. The van der Waals surface area contributed by atoms with Crippen LogP contribution in [0.4, 0.5) is 0 Å². The summed E-state index contributed by atoms with van der Waals surface area (Å²) in [6, 6.07) is 10.5. The van der Waals surface area contributed by atoms with E-state index in [2.05, 4.69) is 11.6 Å². The lowest BCUT2D eigenvalue weighted by Crippen LogP contribution is -2.39. The quantitative estimate of drug-likeness (QED) is 0.498. The van der Waals surface area contributed by atoms with E-state index < -0.39 is 49.2 Å². The number of aromatic nitrogens is 2. The number of hydrogen-bond donors (Lipinski definition) is 1. The molecule has 0 spiro atoms. The molecule has 2 aliphatic rings. The molecule has 4 rings (SSSR count). The number of nitrogens with one attached hydrogen (secondary N) is 1. The van der Waals surface area contributed by atoms with Crippen LogP contribution in [0, 0.1) is 0 Å². The molecule has 1 aromatic carbocycles. The van der Waals surface area contributed by atoms with Crippen LogP contribution in [-0.2, 0) is 27.8 Å². The number of hydrogen-bond acceptors (Lipinski definition) is 8. The maximum Gasteiger partial charge on any atom is 0.353 e. The maximum absolute atomic E-state index is 13.1. The van der Waals surface area contributed by atoms with Crippen LogP contribution in [0.2, 0.25) is 0 Å². The highest BCUT2D eigenvalue weighted by Gasteiger charge is 2.56. The summed E-state index contributed by atoms with van der Waals surface area (Å²) in [5.74, 6) is 0.383. The molecule has 0 unspecified atom stereocenters. The zero-order chi connectivity index (χ0) is 26.1. The summed E-state index contributed by atoms with van der Waals surface area (Å²) < 4.78 is 43.4. The van der Waals surface area contributed by atoms with Gasteiger partial charge in [-0.15, -0.1) is 0 Å². The van der Waals surface area contributed by atoms with Gasteiger partial charge in [0.05, 0.1) is 18.9 Å². The topological polar surface area (TPSA) is 118 Å². The lowest BCUT2D eigenvalue weighted by atomic mass is 10.0. The number of aromatic amines is 1. The third-order valence-electron chi connectivity index (χ3n) is 5.80. The average molecular weight is 519 g/mol. The van der Waals surface area contributed by atoms with E-state index in [1.807, 2.05) is 30.3 Å². The molecule has 1 aromatic heterocycles. The Morgan fingerprint density at radius 1 is 1.14 bits per heavy atom. The average Bonchev–Trinajstić information content (AvgIpc) is 3.30. The van der Waals surface area contributed by atoms with E-state index in [-0.39, 0.29) is 18.9 Å². The first-order chi connectivity index (χ1) is 17.1. The molecular weight excluding hydrogens is 487 g/mol. The normalized spacial score (nSPS) is 25.3. The van der Waals surface area contributed by atoms with Crippen LogP contribution < -0.4 is 11.2 Å². The zero-order valence-corrected chi connectivity index (χ0v) is 21.6. The van der Waals surface area contributed by atoms with Gasteiger partial charge in [0.15, 0.2) is 12.0 Å². The van der Waals surface area contributed by atoms with Crippen molar-refractivity contribution in [3.8, 4) is 0 Å². The Hall–Kier alpha value is -2.59. The predicted molar refractivity (Wildman–Crippen MR) is 134 cm³/mol. The summed E-state index contributed by atoms with van der Waals surface area (Å²) in [7, 11) is -3.50. The van der Waals surface area contributed by atoms with Crippen LogP contribution in [0.15, 0.2) is 64.5 Å². The largest absolute Gasteiger partial charge is 0.353 e. The van der Waals surface area contributed by atoms with Crippen LogP contribution in [0.1, 0.15) is 45.2 Å². The van der Waals surface area contributed by atoms with Crippen molar-refractivity contribution in [3.05, 3.63) is 87.0 Å². The van der Waals surface area contributed by atoms with E-state index in [0.29, 0.717) is 5.57 Å². The summed E-state index contributed by atoms with van der Waals surface area (Å²) in [4.78, 5) is 27.7. The monoisotopic (exact) mass is 518 g/mol. The van der Waals surface area contributed by atoms with Crippen molar-refractivity contribution in [2.75, 3.05) is 13.2 Å². The van der Waals surface area contributed by atoms with E-state index in [4.69, 9.17) is 23.3 Å². The SMILES string of the molecule is C=C(c1ccccc1)c1cc(=O)[nH]c(=O)n1[C@@H]1O[C@H](/C=C/P(=O)(OCC)OCC)[C@H]2OC(C)(C)O[C@H]21. The van der Waals surface area contributed by atoms with Gasteiger partial charge in [0.25, 0.3) is 5.56 Å². The van der Waals surface area contributed by atoms with Crippen molar-refractivity contribution in [1.29, 1.82) is 0 Å². The molecule has 1 N–H and O–H groups in total. The number of nitrogens with zero attached hydrogens (tertiary/aromatic N) is 1. The highest BCUT2D eigenvalue weighted by molar-refractivity contribution is 7.57. The van der Waals surface area contributed by atoms with Crippen molar-refractivity contribution >= 4 is 13.2 Å². The second-order valence-electron chi connectivity index (χ2n) is 8.81. The first-order valence-corrected chi connectivity index (χ1v) is 13.4. The van der Waals surface area contributed by atoms with Gasteiger partial charge in [0.2, 0.25) is 0 Å². The summed E-state index contributed by atoms with van der Waals surface area (Å²) in [5, 5.41) is 0. The van der Waals surface area contributed by atoms with E-state index in [0.717, 1.165) is 5.56 Å². The maximum atomic E-state index is 13.1. The molecule has 0 bridgehead atoms. The number of fused-ring (bicyclic) bond motifs is 1. The van der Waals surface area contributed by atoms with Gasteiger partial charge < -0.3 is 23.3 Å². The molecule has 0 radical (unpaired) electrons. The summed E-state index contributed by atoms with van der Waals surface area (Å²) in [5.41, 5.74) is 0.248. The van der Waals surface area contributed by atoms with Gasteiger partial charge in [-0.3, -0.25) is 18.9 Å². The van der Waals surface area contributed by atoms with Crippen molar-refractivity contribution < 1.29 is 27.8 Å². The standard InChI is InChI=1S/C25H31N2O8P/c1-6-31-36(30,32-7-2)14-13-19-21-22(35-25(4,5)34-21)23(33-19)27-18(15-20(28)26-24(27)29)16(3)17-11-9-8-10-12-17/h8-15,19,21-23H,3,6-7H2,1-2,4-5H3,(H,26,28,29)/b14-13+/t19-,21-,22-,23-/m1/s1. The Kier molecular flexibility index (Phi) is 7.66. The molecule has 194 valence electrons. The van der Waals surface area contributed by atoms with Crippen LogP contribution in [-0.4, -0.2) is 46.9 Å². The first-order valence-electron chi connectivity index (χ1n) is 11.8. The number of benzene rings is 1. The lowest BCUT2D eigenvalue weighted by Gasteiger charge is -2.26. The highest BCUT2D eigenvalue weighted by Crippen LogP contribution is 2.51. The molecule has 2 fully saturated rings. The Balaban J connectivity index is 1.76. The van der Waals surface area contributed by atoms with E-state index >= 15 is 0 Å². The Labute approximate surface area is 209 Å². The minimum atomic E-state index is -3.50. The second kappa shape index (κ2) is 10.4. The predicted octanol–water partition coefficient (Wildman–Crippen LogP) is 3.80. The van der Waals surface area contributed by atoms with Crippen LogP contribution in [0.3, 0.4) is 0 Å². The second-order valence-corrected chi connectivity index (χ2v) is 10.7. The van der Waals surface area contributed by atoms with Crippen molar-refractivity contribution in [1.82, 2.24) is 9.55 Å². The molecule has 0 saturated carbocycles. The summed E-state index contributed by atoms with van der Waals surface area (Å²) in [6.07, 6.45) is -1.50. The third kappa shape index (κ3) is 5.39. The molecule has 0 amide bonds. The minimum Gasteiger partial charge on any atom is -0.345 e. The van der Waals surface area contributed by atoms with Gasteiger partial charge >= 0.3 is 13.3 Å². The van der Waals surface area contributed by atoms with Gasteiger partial charge in [-0.25, -0.2) is 4.79 Å². The highest BCUT2D eigenvalue weighted by atomic mass is 31.2. The first kappa shape index (κ1) is 26.5. The molecule has 0 aliphatic carbocycles. The fourth-order valence-corrected chi connectivity index (χ4v) is 5.77. The van der Waals surface area contributed by atoms with Gasteiger partial charge in [-0.05, 0) is 44.9 Å². The number of rotatable bonds is 9. The molecule has 2 aliphatic heterocycles. The lowest BCUT2D eigenvalue weighted by molar-refractivity contribution is -0.192. The van der Waals surface area contributed by atoms with Gasteiger partial charge in [-0.1, -0.05) is 36.9 Å².